The molecule has 7 nitrogen and oxygen atoms in total. The first-order chi connectivity index (χ1) is 8.69. The molecule has 18 heavy (non-hydrogen) atoms. The van der Waals surface area contributed by atoms with Gasteiger partial charge in [-0.1, -0.05) is 6.92 Å². The molecular weight excluding hydrogens is 236 g/mol. The Morgan fingerprint density at radius 2 is 2.06 bits per heavy atom. The van der Waals surface area contributed by atoms with Gasteiger partial charge in [0.05, 0.1) is 10.6 Å². The summed E-state index contributed by atoms with van der Waals surface area (Å²) < 4.78 is 4.64. The molecule has 0 atom stereocenters. The van der Waals surface area contributed by atoms with E-state index in [0.29, 0.717) is 5.52 Å². The molecule has 0 N–H and O–H groups in total. The Morgan fingerprint density at radius 1 is 1.33 bits per heavy atom. The van der Waals surface area contributed by atoms with Crippen LogP contribution in [0.2, 0.25) is 0 Å². The average molecular weight is 250 g/mol. The van der Waals surface area contributed by atoms with Gasteiger partial charge in [-0.05, 0) is 29.7 Å². The molecule has 1 heterocycles. The minimum atomic E-state index is -0.480. The fourth-order valence-electron chi connectivity index (χ4n) is 1.96. The van der Waals surface area contributed by atoms with Crippen molar-refractivity contribution in [3.05, 3.63) is 22.2 Å². The zero-order valence-electron chi connectivity index (χ0n) is 10.3. The second-order valence-corrected chi connectivity index (χ2v) is 3.90. The number of non-ortho nitro benzene ring substituents is 1. The van der Waals surface area contributed by atoms with Crippen molar-refractivity contribution in [3.8, 4) is 0 Å². The first-order valence-electron chi connectivity index (χ1n) is 5.83. The minimum absolute atomic E-state index is 0.0810. The van der Waals surface area contributed by atoms with Crippen LogP contribution in [0.15, 0.2) is 16.8 Å². The fraction of sp³-hybridized carbons (Fsp3) is 0.455. The summed E-state index contributed by atoms with van der Waals surface area (Å²) in [6.45, 7) is 5.76. The van der Waals surface area contributed by atoms with Gasteiger partial charge in [-0.3, -0.25) is 10.1 Å². The molecule has 0 aliphatic heterocycles. The highest BCUT2D eigenvalue weighted by molar-refractivity contribution is 5.93. The van der Waals surface area contributed by atoms with E-state index < -0.39 is 4.92 Å². The number of rotatable bonds is 5. The highest BCUT2D eigenvalue weighted by atomic mass is 16.6. The Bertz CT molecular complexity index is 566. The molecule has 2 aromatic rings. The Kier molecular flexibility index (Phi) is 3.40. The average Bonchev–Trinajstić information content (AvgIpc) is 2.83. The number of nitrogens with zero attached hydrogens (tertiary/aromatic N) is 4. The van der Waals surface area contributed by atoms with Gasteiger partial charge in [0.1, 0.15) is 0 Å². The molecule has 0 aliphatic carbocycles. The second-order valence-electron chi connectivity index (χ2n) is 3.90. The van der Waals surface area contributed by atoms with Crippen LogP contribution in [0.5, 0.6) is 0 Å². The van der Waals surface area contributed by atoms with E-state index in [-0.39, 0.29) is 11.2 Å². The van der Waals surface area contributed by atoms with E-state index in [2.05, 4.69) is 26.8 Å². The van der Waals surface area contributed by atoms with Crippen LogP contribution in [0, 0.1) is 10.1 Å². The van der Waals surface area contributed by atoms with Gasteiger partial charge in [-0.2, -0.15) is 0 Å². The molecular formula is C11H14N4O3. The number of anilines is 1. The van der Waals surface area contributed by atoms with Crippen LogP contribution < -0.4 is 4.90 Å². The Morgan fingerprint density at radius 3 is 2.67 bits per heavy atom. The van der Waals surface area contributed by atoms with Crippen molar-refractivity contribution in [1.82, 2.24) is 10.3 Å². The normalized spacial score (nSPS) is 10.8. The van der Waals surface area contributed by atoms with Crippen molar-refractivity contribution in [2.45, 2.75) is 20.3 Å². The summed E-state index contributed by atoms with van der Waals surface area (Å²) in [7, 11) is 0. The quantitative estimate of drug-likeness (QED) is 0.598. The standard InChI is InChI=1S/C11H14N4O3/c1-3-7-14(4-2)8-5-6-9(15(16)17)11-10(8)12-18-13-11/h5-6H,3-4,7H2,1-2H3. The number of aromatic nitrogens is 2. The van der Waals surface area contributed by atoms with Crippen molar-refractivity contribution in [1.29, 1.82) is 0 Å². The molecule has 1 aromatic heterocycles. The third-order valence-electron chi connectivity index (χ3n) is 2.79. The Hall–Kier alpha value is -2.18. The van der Waals surface area contributed by atoms with E-state index in [1.54, 1.807) is 6.07 Å². The SMILES string of the molecule is CCCN(CC)c1ccc([N+](=O)[O-])c2nonc12. The van der Waals surface area contributed by atoms with Gasteiger partial charge in [0, 0.05) is 19.2 Å². The van der Waals surface area contributed by atoms with Crippen LogP contribution in [0.25, 0.3) is 11.0 Å². The summed E-state index contributed by atoms with van der Waals surface area (Å²) in [5.41, 5.74) is 1.38. The molecule has 0 spiro atoms. The van der Waals surface area contributed by atoms with Gasteiger partial charge < -0.3 is 4.90 Å². The van der Waals surface area contributed by atoms with Crippen molar-refractivity contribution >= 4 is 22.4 Å². The number of fused-ring (bicyclic) bond motifs is 1. The summed E-state index contributed by atoms with van der Waals surface area (Å²) in [5, 5.41) is 18.3. The number of nitro groups is 1. The predicted molar refractivity (Wildman–Crippen MR) is 66.6 cm³/mol. The smallest absolute Gasteiger partial charge is 0.300 e. The maximum absolute atomic E-state index is 10.9. The van der Waals surface area contributed by atoms with E-state index in [0.717, 1.165) is 25.2 Å². The summed E-state index contributed by atoms with van der Waals surface area (Å²) in [4.78, 5) is 12.5. The lowest BCUT2D eigenvalue weighted by Crippen LogP contribution is -2.23. The lowest BCUT2D eigenvalue weighted by Gasteiger charge is -2.21. The first-order valence-corrected chi connectivity index (χ1v) is 5.83. The zero-order chi connectivity index (χ0) is 13.1. The lowest BCUT2D eigenvalue weighted by atomic mass is 10.2. The van der Waals surface area contributed by atoms with Crippen LogP contribution in [0.1, 0.15) is 20.3 Å². The molecule has 0 fully saturated rings. The Balaban J connectivity index is 2.56. The van der Waals surface area contributed by atoms with Crippen LogP contribution >= 0.6 is 0 Å². The minimum Gasteiger partial charge on any atom is -0.370 e. The molecule has 0 saturated carbocycles. The van der Waals surface area contributed by atoms with Gasteiger partial charge in [-0.25, -0.2) is 4.63 Å². The summed E-state index contributed by atoms with van der Waals surface area (Å²) in [5.74, 6) is 0. The largest absolute Gasteiger partial charge is 0.370 e. The predicted octanol–water partition coefficient (Wildman–Crippen LogP) is 2.37. The number of hydrogen-bond donors (Lipinski definition) is 0. The van der Waals surface area contributed by atoms with Crippen molar-refractivity contribution in [3.63, 3.8) is 0 Å². The van der Waals surface area contributed by atoms with Crippen molar-refractivity contribution in [2.24, 2.45) is 0 Å². The number of benzene rings is 1. The van der Waals surface area contributed by atoms with Gasteiger partial charge in [0.15, 0.2) is 5.52 Å². The molecule has 0 unspecified atom stereocenters. The maximum Gasteiger partial charge on any atom is 0.300 e. The van der Waals surface area contributed by atoms with Gasteiger partial charge in [0.2, 0.25) is 5.52 Å². The van der Waals surface area contributed by atoms with Crippen LogP contribution in [-0.2, 0) is 0 Å². The second kappa shape index (κ2) is 4.99. The summed E-state index contributed by atoms with van der Waals surface area (Å²) >= 11 is 0. The van der Waals surface area contributed by atoms with Crippen molar-refractivity contribution < 1.29 is 9.55 Å². The monoisotopic (exact) mass is 250 g/mol. The Labute approximate surface area is 103 Å². The first kappa shape index (κ1) is 12.3. The van der Waals surface area contributed by atoms with E-state index >= 15 is 0 Å². The molecule has 2 rings (SSSR count). The molecule has 0 radical (unpaired) electrons. The third kappa shape index (κ3) is 1.99. The van der Waals surface area contributed by atoms with Crippen molar-refractivity contribution in [2.75, 3.05) is 18.0 Å². The summed E-state index contributed by atoms with van der Waals surface area (Å²) in [6, 6.07) is 3.14. The van der Waals surface area contributed by atoms with Crippen LogP contribution in [0.4, 0.5) is 11.4 Å². The van der Waals surface area contributed by atoms with Gasteiger partial charge in [0.25, 0.3) is 0 Å². The topological polar surface area (TPSA) is 85.3 Å². The van der Waals surface area contributed by atoms with E-state index in [9.17, 15) is 10.1 Å². The van der Waals surface area contributed by atoms with Crippen LogP contribution in [0.3, 0.4) is 0 Å². The number of hydrogen-bond acceptors (Lipinski definition) is 6. The molecule has 7 heteroatoms. The molecule has 0 aliphatic rings. The lowest BCUT2D eigenvalue weighted by molar-refractivity contribution is -0.383. The van der Waals surface area contributed by atoms with Crippen LogP contribution in [-0.4, -0.2) is 28.3 Å². The zero-order valence-corrected chi connectivity index (χ0v) is 10.3. The van der Waals surface area contributed by atoms with E-state index in [4.69, 9.17) is 0 Å². The highest BCUT2D eigenvalue weighted by Crippen LogP contribution is 2.31. The number of nitro benzene ring substituents is 1. The molecule has 0 saturated heterocycles. The molecule has 0 amide bonds. The van der Waals surface area contributed by atoms with Gasteiger partial charge in [-0.15, -0.1) is 0 Å². The molecule has 0 bridgehead atoms. The van der Waals surface area contributed by atoms with E-state index in [1.165, 1.54) is 6.07 Å². The fourth-order valence-corrected chi connectivity index (χ4v) is 1.96. The third-order valence-corrected chi connectivity index (χ3v) is 2.79. The maximum atomic E-state index is 10.9. The highest BCUT2D eigenvalue weighted by Gasteiger charge is 2.21. The summed E-state index contributed by atoms with van der Waals surface area (Å²) in [6.07, 6.45) is 0.984. The molecule has 96 valence electrons. The van der Waals surface area contributed by atoms with Gasteiger partial charge >= 0.3 is 5.69 Å². The molecule has 1 aromatic carbocycles. The van der Waals surface area contributed by atoms with E-state index in [1.807, 2.05) is 6.92 Å².